The van der Waals surface area contributed by atoms with Crippen LogP contribution in [-0.4, -0.2) is 50.4 Å². The second kappa shape index (κ2) is 13.6. The van der Waals surface area contributed by atoms with Crippen LogP contribution in [-0.2, 0) is 26.2 Å². The summed E-state index contributed by atoms with van der Waals surface area (Å²) in [6, 6.07) is 16.3. The molecule has 1 atom stereocenters. The van der Waals surface area contributed by atoms with Crippen LogP contribution in [0.2, 0.25) is 5.02 Å². The van der Waals surface area contributed by atoms with E-state index in [4.69, 9.17) is 16.3 Å². The molecule has 0 spiro atoms. The van der Waals surface area contributed by atoms with Crippen LogP contribution in [0.25, 0.3) is 0 Å². The van der Waals surface area contributed by atoms with Gasteiger partial charge >= 0.3 is 0 Å². The van der Waals surface area contributed by atoms with Crippen molar-refractivity contribution in [2.45, 2.75) is 51.2 Å². The van der Waals surface area contributed by atoms with E-state index >= 15 is 0 Å². The van der Waals surface area contributed by atoms with Crippen LogP contribution in [0.4, 0.5) is 10.1 Å². The lowest BCUT2D eigenvalue weighted by Gasteiger charge is -2.32. The Balaban J connectivity index is 2.02. The molecular weight excluding hydrogens is 557 g/mol. The molecule has 0 heterocycles. The molecule has 1 unspecified atom stereocenters. The number of halogens is 2. The number of sulfonamides is 1. The molecule has 3 aromatic carbocycles. The summed E-state index contributed by atoms with van der Waals surface area (Å²) in [4.78, 5) is 28.0. The lowest BCUT2D eigenvalue weighted by Crippen LogP contribution is -2.52. The fourth-order valence-corrected chi connectivity index (χ4v) is 5.58. The monoisotopic (exact) mass is 589 g/mol. The van der Waals surface area contributed by atoms with Gasteiger partial charge in [-0.25, -0.2) is 12.8 Å². The minimum atomic E-state index is -4.29. The van der Waals surface area contributed by atoms with Crippen LogP contribution in [0.15, 0.2) is 77.7 Å². The lowest BCUT2D eigenvalue weighted by molar-refractivity contribution is -0.139. The molecule has 0 saturated carbocycles. The van der Waals surface area contributed by atoms with Gasteiger partial charge in [-0.1, -0.05) is 23.7 Å². The first kappa shape index (κ1) is 30.9. The summed E-state index contributed by atoms with van der Waals surface area (Å²) in [6.45, 7) is 6.76. The SMILES string of the molecule is CCOc1ccc(S(=O)(=O)N(CC(=O)N(Cc2cccc(Cl)c2)C(C)C(=O)NC(C)C)c2ccc(F)cc2)cc1. The second-order valence-corrected chi connectivity index (χ2v) is 11.7. The van der Waals surface area contributed by atoms with Crippen molar-refractivity contribution in [3.63, 3.8) is 0 Å². The van der Waals surface area contributed by atoms with E-state index in [9.17, 15) is 22.4 Å². The number of anilines is 1. The van der Waals surface area contributed by atoms with Gasteiger partial charge < -0.3 is 15.0 Å². The van der Waals surface area contributed by atoms with Crippen LogP contribution in [0.5, 0.6) is 5.75 Å². The number of nitrogens with zero attached hydrogens (tertiary/aromatic N) is 2. The van der Waals surface area contributed by atoms with Gasteiger partial charge in [-0.2, -0.15) is 0 Å². The predicted octanol–water partition coefficient (Wildman–Crippen LogP) is 5.02. The summed E-state index contributed by atoms with van der Waals surface area (Å²) in [5.74, 6) is -1.10. The first-order valence-corrected chi connectivity index (χ1v) is 14.6. The van der Waals surface area contributed by atoms with Crippen molar-refractivity contribution in [1.29, 1.82) is 0 Å². The fourth-order valence-electron chi connectivity index (χ4n) is 3.96. The molecule has 11 heteroatoms. The Morgan fingerprint density at radius 3 is 2.23 bits per heavy atom. The van der Waals surface area contributed by atoms with Crippen LogP contribution in [0.3, 0.4) is 0 Å². The number of nitrogens with one attached hydrogen (secondary N) is 1. The molecule has 0 bridgehead atoms. The van der Waals surface area contributed by atoms with Crippen molar-refractivity contribution < 1.29 is 27.1 Å². The van der Waals surface area contributed by atoms with Gasteiger partial charge in [0.2, 0.25) is 11.8 Å². The third kappa shape index (κ3) is 7.95. The number of benzene rings is 3. The first-order chi connectivity index (χ1) is 18.9. The van der Waals surface area contributed by atoms with Crippen molar-refractivity contribution in [2.24, 2.45) is 0 Å². The zero-order valence-corrected chi connectivity index (χ0v) is 24.4. The number of amides is 2. The zero-order valence-electron chi connectivity index (χ0n) is 22.8. The molecule has 8 nitrogen and oxygen atoms in total. The van der Waals surface area contributed by atoms with Gasteiger partial charge in [0.25, 0.3) is 10.0 Å². The van der Waals surface area contributed by atoms with E-state index in [1.54, 1.807) is 45.0 Å². The molecule has 3 rings (SSSR count). The molecule has 0 fully saturated rings. The van der Waals surface area contributed by atoms with E-state index in [0.717, 1.165) is 16.4 Å². The fraction of sp³-hybridized carbons (Fsp3) is 0.310. The number of hydrogen-bond donors (Lipinski definition) is 1. The van der Waals surface area contributed by atoms with E-state index in [1.165, 1.54) is 41.3 Å². The van der Waals surface area contributed by atoms with Crippen LogP contribution < -0.4 is 14.4 Å². The average Bonchev–Trinajstić information content (AvgIpc) is 2.90. The molecule has 214 valence electrons. The molecule has 1 N–H and O–H groups in total. The smallest absolute Gasteiger partial charge is 0.264 e. The summed E-state index contributed by atoms with van der Waals surface area (Å²) >= 11 is 6.14. The van der Waals surface area contributed by atoms with Gasteiger partial charge in [0.15, 0.2) is 0 Å². The number of ether oxygens (including phenoxy) is 1. The molecule has 0 aliphatic rings. The van der Waals surface area contributed by atoms with Gasteiger partial charge in [0.1, 0.15) is 24.2 Å². The van der Waals surface area contributed by atoms with Crippen molar-refractivity contribution in [1.82, 2.24) is 10.2 Å². The van der Waals surface area contributed by atoms with Crippen LogP contribution in [0.1, 0.15) is 33.3 Å². The Labute approximate surface area is 239 Å². The third-order valence-corrected chi connectivity index (χ3v) is 7.98. The Kier molecular flexibility index (Phi) is 10.5. The first-order valence-electron chi connectivity index (χ1n) is 12.8. The Morgan fingerprint density at radius 2 is 1.65 bits per heavy atom. The zero-order chi connectivity index (χ0) is 29.4. The molecule has 3 aromatic rings. The van der Waals surface area contributed by atoms with Crippen molar-refractivity contribution in [3.8, 4) is 5.75 Å². The minimum absolute atomic E-state index is 0.00638. The molecule has 0 aliphatic heterocycles. The number of hydrogen-bond acceptors (Lipinski definition) is 5. The normalized spacial score (nSPS) is 12.1. The summed E-state index contributed by atoms with van der Waals surface area (Å²) in [5.41, 5.74) is 0.748. The topological polar surface area (TPSA) is 96.0 Å². The minimum Gasteiger partial charge on any atom is -0.494 e. The molecule has 0 saturated heterocycles. The molecule has 0 aromatic heterocycles. The molecule has 2 amide bonds. The van der Waals surface area contributed by atoms with Gasteiger partial charge in [0.05, 0.1) is 17.2 Å². The quantitative estimate of drug-likeness (QED) is 0.320. The van der Waals surface area contributed by atoms with E-state index in [2.05, 4.69) is 5.32 Å². The largest absolute Gasteiger partial charge is 0.494 e. The second-order valence-electron chi connectivity index (χ2n) is 9.38. The highest BCUT2D eigenvalue weighted by Gasteiger charge is 2.32. The summed E-state index contributed by atoms with van der Waals surface area (Å²) in [6.07, 6.45) is 0. The summed E-state index contributed by atoms with van der Waals surface area (Å²) < 4.78 is 47.7. The standard InChI is InChI=1S/C29H33ClFN3O5S/c1-5-39-26-13-15-27(16-14-26)40(37,38)34(25-11-9-24(31)10-12-25)19-28(35)33(21(4)29(36)32-20(2)3)18-22-7-6-8-23(30)17-22/h6-17,20-21H,5,18-19H2,1-4H3,(H,32,36). The molecule has 0 radical (unpaired) electrons. The van der Waals surface area contributed by atoms with Gasteiger partial charge in [-0.3, -0.25) is 13.9 Å². The molecular formula is C29H33ClFN3O5S. The maximum absolute atomic E-state index is 13.8. The highest BCUT2D eigenvalue weighted by Crippen LogP contribution is 2.26. The average molecular weight is 590 g/mol. The van der Waals surface area contributed by atoms with E-state index in [1.807, 2.05) is 6.92 Å². The molecule has 40 heavy (non-hydrogen) atoms. The summed E-state index contributed by atoms with van der Waals surface area (Å²) in [7, 11) is -4.29. The Hall–Kier alpha value is -3.63. The van der Waals surface area contributed by atoms with Crippen molar-refractivity contribution in [2.75, 3.05) is 17.5 Å². The Bertz CT molecular complexity index is 1420. The van der Waals surface area contributed by atoms with Crippen LogP contribution >= 0.6 is 11.6 Å². The maximum atomic E-state index is 13.8. The highest BCUT2D eigenvalue weighted by atomic mass is 35.5. The van der Waals surface area contributed by atoms with E-state index in [0.29, 0.717) is 22.9 Å². The molecule has 0 aliphatic carbocycles. The number of carbonyl (C=O) groups excluding carboxylic acids is 2. The maximum Gasteiger partial charge on any atom is 0.264 e. The van der Waals surface area contributed by atoms with E-state index < -0.39 is 40.2 Å². The summed E-state index contributed by atoms with van der Waals surface area (Å²) in [5, 5.41) is 3.25. The van der Waals surface area contributed by atoms with E-state index in [-0.39, 0.29) is 23.2 Å². The van der Waals surface area contributed by atoms with Gasteiger partial charge in [-0.05, 0) is 93.9 Å². The Morgan fingerprint density at radius 1 is 1.00 bits per heavy atom. The van der Waals surface area contributed by atoms with Gasteiger partial charge in [0, 0.05) is 17.6 Å². The van der Waals surface area contributed by atoms with Crippen molar-refractivity contribution in [3.05, 3.63) is 89.2 Å². The van der Waals surface area contributed by atoms with Gasteiger partial charge in [-0.15, -0.1) is 0 Å². The lowest BCUT2D eigenvalue weighted by atomic mass is 10.1. The van der Waals surface area contributed by atoms with Crippen LogP contribution in [0, 0.1) is 5.82 Å². The van der Waals surface area contributed by atoms with Crippen molar-refractivity contribution >= 4 is 39.1 Å². The predicted molar refractivity (Wildman–Crippen MR) is 153 cm³/mol. The number of carbonyl (C=O) groups is 2. The third-order valence-electron chi connectivity index (χ3n) is 5.96. The number of rotatable bonds is 12. The highest BCUT2D eigenvalue weighted by molar-refractivity contribution is 7.92.